The Hall–Kier alpha value is -1.55. The second kappa shape index (κ2) is 3.31. The molecule has 0 spiro atoms. The summed E-state index contributed by atoms with van der Waals surface area (Å²) in [6, 6.07) is 5.57. The molecule has 14 heavy (non-hydrogen) atoms. The van der Waals surface area contributed by atoms with Crippen molar-refractivity contribution in [3.05, 3.63) is 28.8 Å². The topological polar surface area (TPSA) is 64.9 Å². The number of nitrogen functional groups attached to an aromatic ring is 1. The van der Waals surface area contributed by atoms with Gasteiger partial charge < -0.3 is 10.3 Å². The van der Waals surface area contributed by atoms with Gasteiger partial charge in [0.15, 0.2) is 0 Å². The minimum atomic E-state index is 0.108. The number of aromatic nitrogens is 2. The molecule has 4 nitrogen and oxygen atoms in total. The van der Waals surface area contributed by atoms with E-state index >= 15 is 0 Å². The van der Waals surface area contributed by atoms with Gasteiger partial charge in [-0.1, -0.05) is 17.7 Å². The zero-order valence-electron chi connectivity index (χ0n) is 7.49. The largest absolute Gasteiger partial charge is 0.365 e. The molecule has 2 N–H and O–H groups in total. The zero-order chi connectivity index (χ0) is 10.1. The molecule has 0 saturated carbocycles. The predicted molar refractivity (Wildman–Crippen MR) is 53.9 cm³/mol. The van der Waals surface area contributed by atoms with Crippen molar-refractivity contribution in [1.82, 2.24) is 10.1 Å². The van der Waals surface area contributed by atoms with E-state index in [4.69, 9.17) is 21.9 Å². The van der Waals surface area contributed by atoms with E-state index in [9.17, 15) is 0 Å². The third-order valence-corrected chi connectivity index (χ3v) is 2.11. The van der Waals surface area contributed by atoms with Crippen LogP contribution in [0.1, 0.15) is 5.56 Å². The molecule has 72 valence electrons. The maximum Gasteiger partial charge on any atom is 0.261 e. The molecule has 0 aliphatic rings. The summed E-state index contributed by atoms with van der Waals surface area (Å²) in [6.45, 7) is 1.96. The number of anilines is 1. The Labute approximate surface area is 85.7 Å². The van der Waals surface area contributed by atoms with E-state index in [2.05, 4.69) is 10.1 Å². The van der Waals surface area contributed by atoms with Crippen molar-refractivity contribution in [2.24, 2.45) is 0 Å². The number of hydrogen-bond donors (Lipinski definition) is 1. The molecule has 0 atom stereocenters. The molecule has 0 saturated heterocycles. The Kier molecular flexibility index (Phi) is 2.13. The van der Waals surface area contributed by atoms with Gasteiger partial charge in [-0.3, -0.25) is 0 Å². The van der Waals surface area contributed by atoms with Crippen molar-refractivity contribution >= 4 is 17.5 Å². The van der Waals surface area contributed by atoms with Crippen LogP contribution < -0.4 is 5.73 Å². The summed E-state index contributed by atoms with van der Waals surface area (Å²) in [5, 5.41) is 4.07. The summed E-state index contributed by atoms with van der Waals surface area (Å²) in [5.74, 6) is 0.448. The highest BCUT2D eigenvalue weighted by Gasteiger charge is 2.10. The van der Waals surface area contributed by atoms with Crippen LogP contribution >= 0.6 is 11.6 Å². The molecule has 2 aromatic rings. The van der Waals surface area contributed by atoms with E-state index < -0.39 is 0 Å². The normalized spacial score (nSPS) is 10.4. The summed E-state index contributed by atoms with van der Waals surface area (Å²) >= 11 is 6.00. The van der Waals surface area contributed by atoms with Gasteiger partial charge >= 0.3 is 0 Å². The molecule has 0 radical (unpaired) electrons. The summed E-state index contributed by atoms with van der Waals surface area (Å²) < 4.78 is 4.90. The Morgan fingerprint density at radius 3 is 2.79 bits per heavy atom. The highest BCUT2D eigenvalue weighted by Crippen LogP contribution is 2.27. The van der Waals surface area contributed by atoms with E-state index in [-0.39, 0.29) is 5.95 Å². The lowest BCUT2D eigenvalue weighted by atomic mass is 10.1. The molecule has 0 amide bonds. The number of halogens is 1. The molecule has 2 rings (SSSR count). The SMILES string of the molecule is Cc1ccc(-c2nc(N)no2)c(Cl)c1. The highest BCUT2D eigenvalue weighted by atomic mass is 35.5. The van der Waals surface area contributed by atoms with Crippen LogP contribution in [-0.4, -0.2) is 10.1 Å². The first-order chi connectivity index (χ1) is 6.66. The zero-order valence-corrected chi connectivity index (χ0v) is 8.25. The Bertz CT molecular complexity index is 467. The maximum absolute atomic E-state index is 6.00. The van der Waals surface area contributed by atoms with Gasteiger partial charge in [-0.25, -0.2) is 0 Å². The Balaban J connectivity index is 2.52. The summed E-state index contributed by atoms with van der Waals surface area (Å²) in [6.07, 6.45) is 0. The average molecular weight is 210 g/mol. The van der Waals surface area contributed by atoms with E-state index in [1.54, 1.807) is 0 Å². The van der Waals surface area contributed by atoms with Gasteiger partial charge in [0.1, 0.15) is 0 Å². The summed E-state index contributed by atoms with van der Waals surface area (Å²) in [4.78, 5) is 3.89. The molecule has 0 bridgehead atoms. The van der Waals surface area contributed by atoms with Crippen LogP contribution in [0.4, 0.5) is 5.95 Å². The van der Waals surface area contributed by atoms with Gasteiger partial charge in [0.25, 0.3) is 11.8 Å². The number of nitrogens with two attached hydrogens (primary N) is 1. The van der Waals surface area contributed by atoms with Gasteiger partial charge in [-0.15, -0.1) is 0 Å². The third kappa shape index (κ3) is 1.56. The fourth-order valence-corrected chi connectivity index (χ4v) is 1.45. The van der Waals surface area contributed by atoms with Crippen molar-refractivity contribution in [3.8, 4) is 11.5 Å². The van der Waals surface area contributed by atoms with Crippen molar-refractivity contribution in [2.75, 3.05) is 5.73 Å². The van der Waals surface area contributed by atoms with Gasteiger partial charge in [0.2, 0.25) is 0 Å². The van der Waals surface area contributed by atoms with Crippen molar-refractivity contribution in [3.63, 3.8) is 0 Å². The second-order valence-corrected chi connectivity index (χ2v) is 3.35. The molecule has 1 heterocycles. The number of benzene rings is 1. The van der Waals surface area contributed by atoms with Gasteiger partial charge in [0.05, 0.1) is 10.6 Å². The monoisotopic (exact) mass is 209 g/mol. The first-order valence-corrected chi connectivity index (χ1v) is 4.40. The minimum absolute atomic E-state index is 0.108. The van der Waals surface area contributed by atoms with Crippen molar-refractivity contribution < 1.29 is 4.52 Å². The van der Waals surface area contributed by atoms with E-state index in [0.29, 0.717) is 16.5 Å². The molecule has 0 fully saturated rings. The standard InChI is InChI=1S/C9H8ClN3O/c1-5-2-3-6(7(10)4-5)8-12-9(11)13-14-8/h2-4H,1H3,(H2,11,13). The first kappa shape index (κ1) is 9.02. The lowest BCUT2D eigenvalue weighted by molar-refractivity contribution is 0.433. The maximum atomic E-state index is 6.00. The molecule has 5 heteroatoms. The molecule has 0 unspecified atom stereocenters. The summed E-state index contributed by atoms with van der Waals surface area (Å²) in [7, 11) is 0. The molecular weight excluding hydrogens is 202 g/mol. The molecular formula is C9H8ClN3O. The van der Waals surface area contributed by atoms with Crippen LogP contribution in [0, 0.1) is 6.92 Å². The third-order valence-electron chi connectivity index (χ3n) is 1.80. The van der Waals surface area contributed by atoms with Gasteiger partial charge in [-0.2, -0.15) is 4.98 Å². The van der Waals surface area contributed by atoms with Crippen LogP contribution in [0.3, 0.4) is 0 Å². The van der Waals surface area contributed by atoms with Gasteiger partial charge in [-0.05, 0) is 29.8 Å². The highest BCUT2D eigenvalue weighted by molar-refractivity contribution is 6.33. The Morgan fingerprint density at radius 2 is 2.21 bits per heavy atom. The van der Waals surface area contributed by atoms with Crippen LogP contribution in [-0.2, 0) is 0 Å². The van der Waals surface area contributed by atoms with Gasteiger partial charge in [0, 0.05) is 0 Å². The van der Waals surface area contributed by atoms with Crippen molar-refractivity contribution in [1.29, 1.82) is 0 Å². The van der Waals surface area contributed by atoms with Crippen LogP contribution in [0.15, 0.2) is 22.7 Å². The van der Waals surface area contributed by atoms with Crippen LogP contribution in [0.2, 0.25) is 5.02 Å². The lowest BCUT2D eigenvalue weighted by Gasteiger charge is -1.98. The number of rotatable bonds is 1. The second-order valence-electron chi connectivity index (χ2n) is 2.94. The minimum Gasteiger partial charge on any atom is -0.365 e. The molecule has 1 aromatic heterocycles. The van der Waals surface area contributed by atoms with E-state index in [1.165, 1.54) is 0 Å². The molecule has 1 aromatic carbocycles. The molecule has 0 aliphatic heterocycles. The quantitative estimate of drug-likeness (QED) is 0.783. The van der Waals surface area contributed by atoms with E-state index in [1.807, 2.05) is 25.1 Å². The first-order valence-electron chi connectivity index (χ1n) is 4.02. The fraction of sp³-hybridized carbons (Fsp3) is 0.111. The Morgan fingerprint density at radius 1 is 1.43 bits per heavy atom. The van der Waals surface area contributed by atoms with Crippen molar-refractivity contribution in [2.45, 2.75) is 6.92 Å². The van der Waals surface area contributed by atoms with E-state index in [0.717, 1.165) is 5.56 Å². The number of aryl methyl sites for hydroxylation is 1. The van der Waals surface area contributed by atoms with Crippen LogP contribution in [0.5, 0.6) is 0 Å². The molecule has 0 aliphatic carbocycles. The smallest absolute Gasteiger partial charge is 0.261 e. The van der Waals surface area contributed by atoms with Crippen LogP contribution in [0.25, 0.3) is 11.5 Å². The number of hydrogen-bond acceptors (Lipinski definition) is 4. The fourth-order valence-electron chi connectivity index (χ4n) is 1.14. The average Bonchev–Trinajstić information content (AvgIpc) is 2.51. The summed E-state index contributed by atoms with van der Waals surface area (Å²) in [5.41, 5.74) is 7.11. The number of nitrogens with zero attached hydrogens (tertiary/aromatic N) is 2. The lowest BCUT2D eigenvalue weighted by Crippen LogP contribution is -1.86. The predicted octanol–water partition coefficient (Wildman–Crippen LogP) is 2.28.